The molecule has 0 bridgehead atoms. The van der Waals surface area contributed by atoms with E-state index in [0.717, 1.165) is 22.3 Å². The summed E-state index contributed by atoms with van der Waals surface area (Å²) in [7, 11) is 0. The first-order chi connectivity index (χ1) is 14.0. The summed E-state index contributed by atoms with van der Waals surface area (Å²) in [6.45, 7) is 3.36. The largest absolute Gasteiger partial charge is 0.364 e. The minimum atomic E-state index is -0.576. The Labute approximate surface area is 170 Å². The quantitative estimate of drug-likeness (QED) is 0.650. The van der Waals surface area contributed by atoms with Gasteiger partial charge in [0.25, 0.3) is 5.91 Å². The first kappa shape index (κ1) is 20.1. The molecule has 0 radical (unpaired) electrons. The van der Waals surface area contributed by atoms with Gasteiger partial charge in [0.2, 0.25) is 0 Å². The topological polar surface area (TPSA) is 88.3 Å². The molecule has 0 saturated carbocycles. The lowest BCUT2D eigenvalue weighted by atomic mass is 10.1. The fraction of sp³-hybridized carbons (Fsp3) is 0.174. The molecule has 3 amide bonds. The van der Waals surface area contributed by atoms with Crippen molar-refractivity contribution in [2.45, 2.75) is 26.6 Å². The standard InChI is InChI=1S/C23H24N4O2/c1-17-7-5-6-10-20(17)16-27(15-18-8-3-2-4-9-18)23(29)26-14-19-11-12-21(22(24)28)25-13-19/h2-13H,14-16H2,1H3,(H2,24,28)(H,26,29). The highest BCUT2D eigenvalue weighted by molar-refractivity contribution is 5.90. The molecule has 0 fully saturated rings. The van der Waals surface area contributed by atoms with Crippen LogP contribution in [0.1, 0.15) is 32.7 Å². The lowest BCUT2D eigenvalue weighted by molar-refractivity contribution is 0.0995. The molecule has 0 aliphatic carbocycles. The molecule has 0 atom stereocenters. The number of amides is 3. The number of carbonyl (C=O) groups is 2. The number of aromatic nitrogens is 1. The van der Waals surface area contributed by atoms with Crippen molar-refractivity contribution < 1.29 is 9.59 Å². The molecular weight excluding hydrogens is 364 g/mol. The zero-order valence-electron chi connectivity index (χ0n) is 16.3. The highest BCUT2D eigenvalue weighted by Gasteiger charge is 2.15. The van der Waals surface area contributed by atoms with Crippen molar-refractivity contribution in [2.24, 2.45) is 5.73 Å². The molecule has 6 heteroatoms. The summed E-state index contributed by atoms with van der Waals surface area (Å²) in [5, 5.41) is 2.94. The van der Waals surface area contributed by atoms with Crippen molar-refractivity contribution in [3.05, 3.63) is 101 Å². The number of pyridine rings is 1. The molecule has 1 aromatic heterocycles. The molecule has 148 valence electrons. The smallest absolute Gasteiger partial charge is 0.318 e. The van der Waals surface area contributed by atoms with Crippen LogP contribution in [-0.4, -0.2) is 21.8 Å². The Morgan fingerprint density at radius 3 is 2.31 bits per heavy atom. The number of hydrogen-bond acceptors (Lipinski definition) is 3. The van der Waals surface area contributed by atoms with Crippen LogP contribution >= 0.6 is 0 Å². The van der Waals surface area contributed by atoms with Crippen LogP contribution in [0.25, 0.3) is 0 Å². The van der Waals surface area contributed by atoms with Gasteiger partial charge in [-0.25, -0.2) is 4.79 Å². The van der Waals surface area contributed by atoms with Gasteiger partial charge in [0.15, 0.2) is 0 Å². The summed E-state index contributed by atoms with van der Waals surface area (Å²) < 4.78 is 0. The molecule has 3 N–H and O–H groups in total. The zero-order valence-corrected chi connectivity index (χ0v) is 16.3. The maximum absolute atomic E-state index is 12.9. The number of rotatable bonds is 7. The zero-order chi connectivity index (χ0) is 20.6. The Kier molecular flexibility index (Phi) is 6.58. The van der Waals surface area contributed by atoms with E-state index >= 15 is 0 Å². The molecule has 2 aromatic carbocycles. The van der Waals surface area contributed by atoms with Gasteiger partial charge >= 0.3 is 6.03 Å². The van der Waals surface area contributed by atoms with Crippen LogP contribution in [-0.2, 0) is 19.6 Å². The van der Waals surface area contributed by atoms with Crippen LogP contribution in [0, 0.1) is 6.92 Å². The third kappa shape index (κ3) is 5.65. The van der Waals surface area contributed by atoms with E-state index in [1.807, 2.05) is 61.5 Å². The van der Waals surface area contributed by atoms with Gasteiger partial charge in [-0.05, 0) is 35.2 Å². The second-order valence-corrected chi connectivity index (χ2v) is 6.84. The van der Waals surface area contributed by atoms with Gasteiger partial charge in [-0.2, -0.15) is 0 Å². The van der Waals surface area contributed by atoms with E-state index in [0.29, 0.717) is 19.6 Å². The Morgan fingerprint density at radius 1 is 0.931 bits per heavy atom. The van der Waals surface area contributed by atoms with Gasteiger partial charge in [0.1, 0.15) is 5.69 Å². The normalized spacial score (nSPS) is 10.4. The molecule has 6 nitrogen and oxygen atoms in total. The highest BCUT2D eigenvalue weighted by Crippen LogP contribution is 2.14. The first-order valence-electron chi connectivity index (χ1n) is 9.39. The van der Waals surface area contributed by atoms with Gasteiger partial charge in [-0.15, -0.1) is 0 Å². The number of aryl methyl sites for hydroxylation is 1. The molecule has 3 rings (SSSR count). The van der Waals surface area contributed by atoms with Gasteiger partial charge < -0.3 is 16.0 Å². The van der Waals surface area contributed by atoms with Crippen LogP contribution in [0.5, 0.6) is 0 Å². The fourth-order valence-corrected chi connectivity index (χ4v) is 2.96. The number of benzene rings is 2. The van der Waals surface area contributed by atoms with Crippen LogP contribution in [0.4, 0.5) is 4.79 Å². The second-order valence-electron chi connectivity index (χ2n) is 6.84. The number of nitrogens with two attached hydrogens (primary N) is 1. The second kappa shape index (κ2) is 9.50. The maximum atomic E-state index is 12.9. The van der Waals surface area contributed by atoms with Crippen molar-refractivity contribution in [3.8, 4) is 0 Å². The number of urea groups is 1. The first-order valence-corrected chi connectivity index (χ1v) is 9.39. The Hall–Kier alpha value is -3.67. The van der Waals surface area contributed by atoms with E-state index in [1.165, 1.54) is 0 Å². The SMILES string of the molecule is Cc1ccccc1CN(Cc1ccccc1)C(=O)NCc1ccc(C(N)=O)nc1. The predicted molar refractivity (Wildman–Crippen MR) is 112 cm³/mol. The summed E-state index contributed by atoms with van der Waals surface area (Å²) in [4.78, 5) is 29.8. The maximum Gasteiger partial charge on any atom is 0.318 e. The number of nitrogens with one attached hydrogen (secondary N) is 1. The minimum Gasteiger partial charge on any atom is -0.364 e. The summed E-state index contributed by atoms with van der Waals surface area (Å²) >= 11 is 0. The van der Waals surface area contributed by atoms with Crippen LogP contribution < -0.4 is 11.1 Å². The number of hydrogen-bond donors (Lipinski definition) is 2. The number of nitrogens with zero attached hydrogens (tertiary/aromatic N) is 2. The molecular formula is C23H24N4O2. The molecule has 0 unspecified atom stereocenters. The van der Waals surface area contributed by atoms with Crippen molar-refractivity contribution in [3.63, 3.8) is 0 Å². The summed E-state index contributed by atoms with van der Waals surface area (Å²) in [6, 6.07) is 21.1. The Morgan fingerprint density at radius 2 is 1.66 bits per heavy atom. The third-order valence-corrected chi connectivity index (χ3v) is 4.65. The number of carbonyl (C=O) groups excluding carboxylic acids is 2. The lowest BCUT2D eigenvalue weighted by Gasteiger charge is -2.24. The molecule has 0 spiro atoms. The van der Waals surface area contributed by atoms with Crippen molar-refractivity contribution >= 4 is 11.9 Å². The van der Waals surface area contributed by atoms with E-state index < -0.39 is 5.91 Å². The third-order valence-electron chi connectivity index (χ3n) is 4.65. The molecule has 0 aliphatic rings. The predicted octanol–water partition coefficient (Wildman–Crippen LogP) is 3.40. The van der Waals surface area contributed by atoms with Crippen LogP contribution in [0.3, 0.4) is 0 Å². The molecule has 1 heterocycles. The fourth-order valence-electron chi connectivity index (χ4n) is 2.96. The van der Waals surface area contributed by atoms with Gasteiger partial charge in [-0.1, -0.05) is 60.7 Å². The van der Waals surface area contributed by atoms with E-state index in [-0.39, 0.29) is 11.7 Å². The van der Waals surface area contributed by atoms with Crippen molar-refractivity contribution in [1.29, 1.82) is 0 Å². The minimum absolute atomic E-state index is 0.170. The van der Waals surface area contributed by atoms with E-state index in [2.05, 4.69) is 10.3 Å². The van der Waals surface area contributed by atoms with Crippen LogP contribution in [0.15, 0.2) is 72.9 Å². The summed E-state index contributed by atoms with van der Waals surface area (Å²) in [5.41, 5.74) is 9.50. The monoisotopic (exact) mass is 388 g/mol. The molecule has 29 heavy (non-hydrogen) atoms. The average molecular weight is 388 g/mol. The van der Waals surface area contributed by atoms with Gasteiger partial charge in [-0.3, -0.25) is 9.78 Å². The Balaban J connectivity index is 1.71. The van der Waals surface area contributed by atoms with E-state index in [9.17, 15) is 9.59 Å². The molecule has 0 aliphatic heterocycles. The summed E-state index contributed by atoms with van der Waals surface area (Å²) in [5.74, 6) is -0.576. The van der Waals surface area contributed by atoms with E-state index in [4.69, 9.17) is 5.73 Å². The molecule has 3 aromatic rings. The number of primary amides is 1. The van der Waals surface area contributed by atoms with E-state index in [1.54, 1.807) is 23.2 Å². The van der Waals surface area contributed by atoms with Crippen molar-refractivity contribution in [1.82, 2.24) is 15.2 Å². The molecule has 0 saturated heterocycles. The summed E-state index contributed by atoms with van der Waals surface area (Å²) in [6.07, 6.45) is 1.54. The van der Waals surface area contributed by atoms with Crippen molar-refractivity contribution in [2.75, 3.05) is 0 Å². The lowest BCUT2D eigenvalue weighted by Crippen LogP contribution is -2.39. The average Bonchev–Trinajstić information content (AvgIpc) is 2.74. The Bertz CT molecular complexity index is 972. The van der Waals surface area contributed by atoms with Gasteiger partial charge in [0, 0.05) is 25.8 Å². The highest BCUT2D eigenvalue weighted by atomic mass is 16.2. The van der Waals surface area contributed by atoms with Crippen LogP contribution in [0.2, 0.25) is 0 Å². The van der Waals surface area contributed by atoms with Gasteiger partial charge in [0.05, 0.1) is 0 Å².